The van der Waals surface area contributed by atoms with Crippen LogP contribution in [0.1, 0.15) is 25.3 Å². The molecule has 0 aliphatic rings. The molecule has 3 heteroatoms. The second kappa shape index (κ2) is 7.28. The quantitative estimate of drug-likeness (QED) is 0.452. The van der Waals surface area contributed by atoms with Crippen LogP contribution in [0.4, 0.5) is 0 Å². The molecule has 2 nitrogen and oxygen atoms in total. The predicted molar refractivity (Wildman–Crippen MR) is 72.9 cm³/mol. The lowest BCUT2D eigenvalue weighted by Crippen LogP contribution is -2.06. The van der Waals surface area contributed by atoms with E-state index >= 15 is 0 Å². The standard InChI is InChI=1S/C14H17BrO2/c1-11(2)14(16)17-10-4-3-5-12-6-8-13(15)9-7-12/h6-9H,1,3-5,10H2,2H3. The lowest BCUT2D eigenvalue weighted by molar-refractivity contribution is -0.139. The summed E-state index contributed by atoms with van der Waals surface area (Å²) in [6.07, 6.45) is 2.91. The highest BCUT2D eigenvalue weighted by atomic mass is 79.9. The van der Waals surface area contributed by atoms with Crippen LogP contribution < -0.4 is 0 Å². The molecule has 0 aliphatic heterocycles. The van der Waals surface area contributed by atoms with Crippen molar-refractivity contribution in [3.63, 3.8) is 0 Å². The molecule has 0 fully saturated rings. The van der Waals surface area contributed by atoms with Crippen LogP contribution in [0, 0.1) is 0 Å². The van der Waals surface area contributed by atoms with Gasteiger partial charge in [0, 0.05) is 10.0 Å². The SMILES string of the molecule is C=C(C)C(=O)OCCCCc1ccc(Br)cc1. The summed E-state index contributed by atoms with van der Waals surface area (Å²) < 4.78 is 6.11. The number of hydrogen-bond donors (Lipinski definition) is 0. The lowest BCUT2D eigenvalue weighted by atomic mass is 10.1. The number of carbonyl (C=O) groups excluding carboxylic acids is 1. The van der Waals surface area contributed by atoms with Crippen molar-refractivity contribution in [3.8, 4) is 0 Å². The van der Waals surface area contributed by atoms with Gasteiger partial charge >= 0.3 is 5.97 Å². The zero-order valence-electron chi connectivity index (χ0n) is 10.0. The van der Waals surface area contributed by atoms with Crippen molar-refractivity contribution in [3.05, 3.63) is 46.5 Å². The Bertz CT molecular complexity index is 382. The van der Waals surface area contributed by atoms with Crippen LogP contribution in [0.5, 0.6) is 0 Å². The fourth-order valence-electron chi connectivity index (χ4n) is 1.37. The summed E-state index contributed by atoms with van der Waals surface area (Å²) in [7, 11) is 0. The van der Waals surface area contributed by atoms with E-state index in [2.05, 4.69) is 34.6 Å². The van der Waals surface area contributed by atoms with Crippen molar-refractivity contribution in [2.24, 2.45) is 0 Å². The first-order valence-corrected chi connectivity index (χ1v) is 6.46. The molecule has 1 aromatic carbocycles. The minimum absolute atomic E-state index is 0.298. The van der Waals surface area contributed by atoms with E-state index in [0.29, 0.717) is 12.2 Å². The van der Waals surface area contributed by atoms with Gasteiger partial charge in [0.2, 0.25) is 0 Å². The highest BCUT2D eigenvalue weighted by Crippen LogP contribution is 2.12. The molecule has 0 saturated heterocycles. The topological polar surface area (TPSA) is 26.3 Å². The molecule has 0 aliphatic carbocycles. The number of halogens is 1. The molecular formula is C14H17BrO2. The highest BCUT2D eigenvalue weighted by Gasteiger charge is 2.01. The fraction of sp³-hybridized carbons (Fsp3) is 0.357. The first-order valence-electron chi connectivity index (χ1n) is 5.66. The van der Waals surface area contributed by atoms with E-state index < -0.39 is 0 Å². The van der Waals surface area contributed by atoms with Gasteiger partial charge in [-0.25, -0.2) is 4.79 Å². The maximum absolute atomic E-state index is 11.1. The number of ether oxygens (including phenoxy) is 1. The lowest BCUT2D eigenvalue weighted by Gasteiger charge is -2.04. The van der Waals surface area contributed by atoms with Crippen LogP contribution in [0.3, 0.4) is 0 Å². The van der Waals surface area contributed by atoms with Gasteiger partial charge in [-0.15, -0.1) is 0 Å². The summed E-state index contributed by atoms with van der Waals surface area (Å²) in [5.41, 5.74) is 1.76. The van der Waals surface area contributed by atoms with Gasteiger partial charge in [0.15, 0.2) is 0 Å². The van der Waals surface area contributed by atoms with Crippen molar-refractivity contribution < 1.29 is 9.53 Å². The molecule has 0 unspecified atom stereocenters. The number of aryl methyl sites for hydroxylation is 1. The Morgan fingerprint density at radius 3 is 2.53 bits per heavy atom. The van der Waals surface area contributed by atoms with Crippen LogP contribution in [0.2, 0.25) is 0 Å². The molecule has 17 heavy (non-hydrogen) atoms. The van der Waals surface area contributed by atoms with Crippen molar-refractivity contribution in [1.29, 1.82) is 0 Å². The molecule has 92 valence electrons. The summed E-state index contributed by atoms with van der Waals surface area (Å²) in [4.78, 5) is 11.1. The van der Waals surface area contributed by atoms with Crippen molar-refractivity contribution in [2.75, 3.05) is 6.61 Å². The summed E-state index contributed by atoms with van der Waals surface area (Å²) in [5, 5.41) is 0. The second-order valence-corrected chi connectivity index (χ2v) is 4.92. The monoisotopic (exact) mass is 296 g/mol. The van der Waals surface area contributed by atoms with Crippen molar-refractivity contribution in [1.82, 2.24) is 0 Å². The Balaban J connectivity index is 2.14. The van der Waals surface area contributed by atoms with Crippen molar-refractivity contribution in [2.45, 2.75) is 26.2 Å². The summed E-state index contributed by atoms with van der Waals surface area (Å²) in [6.45, 7) is 5.66. The molecule has 1 aromatic rings. The van der Waals surface area contributed by atoms with E-state index in [0.717, 1.165) is 23.7 Å². The van der Waals surface area contributed by atoms with Gasteiger partial charge in [-0.05, 0) is 43.9 Å². The third-order valence-electron chi connectivity index (χ3n) is 2.35. The van der Waals surface area contributed by atoms with E-state index in [-0.39, 0.29) is 5.97 Å². The number of benzene rings is 1. The normalized spacial score (nSPS) is 10.0. The Morgan fingerprint density at radius 2 is 1.94 bits per heavy atom. The maximum atomic E-state index is 11.1. The Morgan fingerprint density at radius 1 is 1.29 bits per heavy atom. The number of unbranched alkanes of at least 4 members (excludes halogenated alkanes) is 1. The Hall–Kier alpha value is -1.09. The first kappa shape index (κ1) is 14.0. The van der Waals surface area contributed by atoms with E-state index in [1.165, 1.54) is 5.56 Å². The van der Waals surface area contributed by atoms with Gasteiger partial charge in [-0.3, -0.25) is 0 Å². The molecule has 1 rings (SSSR count). The molecule has 0 amide bonds. The molecule has 0 aromatic heterocycles. The molecule has 0 N–H and O–H groups in total. The molecule has 0 spiro atoms. The van der Waals surface area contributed by atoms with Gasteiger partial charge in [0.1, 0.15) is 0 Å². The second-order valence-electron chi connectivity index (χ2n) is 4.00. The van der Waals surface area contributed by atoms with Crippen molar-refractivity contribution >= 4 is 21.9 Å². The molecule has 0 atom stereocenters. The van der Waals surface area contributed by atoms with Gasteiger partial charge in [0.05, 0.1) is 6.61 Å². The van der Waals surface area contributed by atoms with E-state index in [9.17, 15) is 4.79 Å². The molecular weight excluding hydrogens is 280 g/mol. The minimum Gasteiger partial charge on any atom is -0.462 e. The van der Waals surface area contributed by atoms with Crippen LogP contribution in [-0.2, 0) is 16.0 Å². The summed E-state index contributed by atoms with van der Waals surface area (Å²) >= 11 is 3.40. The van der Waals surface area contributed by atoms with Gasteiger partial charge in [-0.2, -0.15) is 0 Å². The minimum atomic E-state index is -0.298. The number of carbonyl (C=O) groups is 1. The third-order valence-corrected chi connectivity index (χ3v) is 2.88. The molecule has 0 heterocycles. The third kappa shape index (κ3) is 5.68. The van der Waals surface area contributed by atoms with E-state index in [1.54, 1.807) is 6.92 Å². The zero-order chi connectivity index (χ0) is 12.7. The Kier molecular flexibility index (Phi) is 5.98. The zero-order valence-corrected chi connectivity index (χ0v) is 11.6. The first-order chi connectivity index (χ1) is 8.09. The van der Waals surface area contributed by atoms with Crippen LogP contribution in [0.15, 0.2) is 40.9 Å². The molecule has 0 radical (unpaired) electrons. The summed E-state index contributed by atoms with van der Waals surface area (Å²) in [5.74, 6) is -0.298. The Labute approximate surface area is 111 Å². The fourth-order valence-corrected chi connectivity index (χ4v) is 1.63. The predicted octanol–water partition coefficient (Wildman–Crippen LogP) is 3.89. The van der Waals surface area contributed by atoms with Crippen LogP contribution in [-0.4, -0.2) is 12.6 Å². The average Bonchev–Trinajstić information content (AvgIpc) is 2.30. The van der Waals surface area contributed by atoms with E-state index in [4.69, 9.17) is 4.74 Å². The van der Waals surface area contributed by atoms with E-state index in [1.807, 2.05) is 12.1 Å². The van der Waals surface area contributed by atoms with Gasteiger partial charge in [-0.1, -0.05) is 34.6 Å². The number of hydrogen-bond acceptors (Lipinski definition) is 2. The number of esters is 1. The largest absolute Gasteiger partial charge is 0.462 e. The van der Waals surface area contributed by atoms with Crippen LogP contribution in [0.25, 0.3) is 0 Å². The van der Waals surface area contributed by atoms with Crippen LogP contribution >= 0.6 is 15.9 Å². The van der Waals surface area contributed by atoms with Gasteiger partial charge < -0.3 is 4.74 Å². The van der Waals surface area contributed by atoms with Gasteiger partial charge in [0.25, 0.3) is 0 Å². The molecule has 0 saturated carbocycles. The molecule has 0 bridgehead atoms. The average molecular weight is 297 g/mol. The highest BCUT2D eigenvalue weighted by molar-refractivity contribution is 9.10. The smallest absolute Gasteiger partial charge is 0.333 e. The summed E-state index contributed by atoms with van der Waals surface area (Å²) in [6, 6.07) is 8.28. The maximum Gasteiger partial charge on any atom is 0.333 e. The number of rotatable bonds is 6.